The van der Waals surface area contributed by atoms with Crippen LogP contribution in [0.3, 0.4) is 0 Å². The molecule has 1 aromatic carbocycles. The highest BCUT2D eigenvalue weighted by atomic mass is 16.5. The van der Waals surface area contributed by atoms with Crippen LogP contribution in [0.25, 0.3) is 0 Å². The fourth-order valence-electron chi connectivity index (χ4n) is 3.80. The molecular weight excluding hydrogens is 264 g/mol. The number of hydrogen-bond donors (Lipinski definition) is 1. The van der Waals surface area contributed by atoms with Gasteiger partial charge < -0.3 is 10.1 Å². The molecule has 0 spiro atoms. The van der Waals surface area contributed by atoms with Crippen LogP contribution in [0, 0.1) is 0 Å². The lowest BCUT2D eigenvalue weighted by Crippen LogP contribution is -2.41. The summed E-state index contributed by atoms with van der Waals surface area (Å²) in [5.41, 5.74) is 1.39. The fraction of sp³-hybridized carbons (Fsp3) is 0.588. The van der Waals surface area contributed by atoms with Crippen molar-refractivity contribution in [2.45, 2.75) is 44.2 Å². The Hall–Kier alpha value is -1.55. The summed E-state index contributed by atoms with van der Waals surface area (Å²) < 4.78 is 5.24. The van der Waals surface area contributed by atoms with Crippen LogP contribution >= 0.6 is 0 Å². The van der Waals surface area contributed by atoms with Crippen LogP contribution in [0.1, 0.15) is 37.7 Å². The molecule has 0 radical (unpaired) electrons. The average molecular weight is 288 g/mol. The van der Waals surface area contributed by atoms with Crippen LogP contribution in [-0.4, -0.2) is 36.2 Å². The van der Waals surface area contributed by atoms with E-state index in [-0.39, 0.29) is 6.09 Å². The standard InChI is InChI=1S/C17H24N2O2/c20-16(21-14-15-6-2-1-3-7-15)18-11-10-17-8-4-12-19(17)13-5-9-17/h1-3,6-7H,4-5,8-14H2,(H,18,20). The maximum Gasteiger partial charge on any atom is 0.407 e. The predicted molar refractivity (Wildman–Crippen MR) is 82.0 cm³/mol. The third kappa shape index (κ3) is 3.38. The molecule has 0 bridgehead atoms. The number of benzene rings is 1. The molecule has 0 saturated carbocycles. The Kier molecular flexibility index (Phi) is 4.44. The van der Waals surface area contributed by atoms with E-state index in [0.29, 0.717) is 18.7 Å². The molecule has 0 aromatic heterocycles. The van der Waals surface area contributed by atoms with Crippen molar-refractivity contribution in [3.63, 3.8) is 0 Å². The Labute approximate surface area is 126 Å². The second-order valence-electron chi connectivity index (χ2n) is 6.16. The van der Waals surface area contributed by atoms with E-state index >= 15 is 0 Å². The fourth-order valence-corrected chi connectivity index (χ4v) is 3.80. The average Bonchev–Trinajstić information content (AvgIpc) is 3.06. The second kappa shape index (κ2) is 6.48. The van der Waals surface area contributed by atoms with Crippen LogP contribution < -0.4 is 5.32 Å². The molecule has 4 nitrogen and oxygen atoms in total. The molecule has 0 aliphatic carbocycles. The molecule has 114 valence electrons. The first-order valence-corrected chi connectivity index (χ1v) is 7.98. The van der Waals surface area contributed by atoms with Crippen LogP contribution in [0.2, 0.25) is 0 Å². The third-order valence-corrected chi connectivity index (χ3v) is 4.88. The summed E-state index contributed by atoms with van der Waals surface area (Å²) in [5, 5.41) is 2.90. The summed E-state index contributed by atoms with van der Waals surface area (Å²) in [6.07, 6.45) is 5.92. The van der Waals surface area contributed by atoms with Crippen LogP contribution in [0.5, 0.6) is 0 Å². The number of fused-ring (bicyclic) bond motifs is 1. The maximum atomic E-state index is 11.7. The molecule has 2 saturated heterocycles. The zero-order valence-corrected chi connectivity index (χ0v) is 12.5. The molecule has 2 aliphatic rings. The van der Waals surface area contributed by atoms with Crippen molar-refractivity contribution in [1.29, 1.82) is 0 Å². The molecule has 1 N–H and O–H groups in total. The quantitative estimate of drug-likeness (QED) is 0.905. The van der Waals surface area contributed by atoms with Gasteiger partial charge in [-0.25, -0.2) is 4.79 Å². The SMILES string of the molecule is O=C(NCCC12CCCN1CCC2)OCc1ccccc1. The van der Waals surface area contributed by atoms with Crippen molar-refractivity contribution < 1.29 is 9.53 Å². The van der Waals surface area contributed by atoms with Gasteiger partial charge in [0.25, 0.3) is 0 Å². The molecule has 4 heteroatoms. The van der Waals surface area contributed by atoms with Gasteiger partial charge in [-0.3, -0.25) is 4.90 Å². The number of ether oxygens (including phenoxy) is 1. The van der Waals surface area contributed by atoms with Gasteiger partial charge in [-0.15, -0.1) is 0 Å². The highest BCUT2D eigenvalue weighted by Gasteiger charge is 2.43. The van der Waals surface area contributed by atoms with Gasteiger partial charge in [-0.05, 0) is 50.8 Å². The highest BCUT2D eigenvalue weighted by molar-refractivity contribution is 5.67. The lowest BCUT2D eigenvalue weighted by molar-refractivity contribution is 0.134. The van der Waals surface area contributed by atoms with E-state index < -0.39 is 0 Å². The topological polar surface area (TPSA) is 41.6 Å². The molecule has 2 fully saturated rings. The predicted octanol–water partition coefficient (Wildman–Crippen LogP) is 2.93. The number of alkyl carbamates (subject to hydrolysis) is 1. The van der Waals surface area contributed by atoms with E-state index in [1.165, 1.54) is 38.8 Å². The number of rotatable bonds is 5. The van der Waals surface area contributed by atoms with Gasteiger partial charge >= 0.3 is 6.09 Å². The van der Waals surface area contributed by atoms with E-state index in [9.17, 15) is 4.79 Å². The van der Waals surface area contributed by atoms with E-state index in [4.69, 9.17) is 4.74 Å². The number of hydrogen-bond acceptors (Lipinski definition) is 3. The first-order chi connectivity index (χ1) is 10.3. The van der Waals surface area contributed by atoms with Gasteiger partial charge in [-0.2, -0.15) is 0 Å². The zero-order chi connectivity index (χ0) is 14.5. The minimum atomic E-state index is -0.308. The van der Waals surface area contributed by atoms with E-state index in [1.54, 1.807) is 0 Å². The summed E-state index contributed by atoms with van der Waals surface area (Å²) in [4.78, 5) is 14.3. The Morgan fingerprint density at radius 2 is 1.90 bits per heavy atom. The largest absolute Gasteiger partial charge is 0.445 e. The molecule has 21 heavy (non-hydrogen) atoms. The van der Waals surface area contributed by atoms with Crippen LogP contribution in [-0.2, 0) is 11.3 Å². The van der Waals surface area contributed by atoms with Gasteiger partial charge in [0.2, 0.25) is 0 Å². The van der Waals surface area contributed by atoms with Crippen LogP contribution in [0.15, 0.2) is 30.3 Å². The molecule has 0 atom stereocenters. The number of carbonyl (C=O) groups excluding carboxylic acids is 1. The third-order valence-electron chi connectivity index (χ3n) is 4.88. The van der Waals surface area contributed by atoms with E-state index in [2.05, 4.69) is 10.2 Å². The number of amides is 1. The zero-order valence-electron chi connectivity index (χ0n) is 12.5. The maximum absolute atomic E-state index is 11.7. The molecular formula is C17H24N2O2. The summed E-state index contributed by atoms with van der Waals surface area (Å²) in [5.74, 6) is 0. The van der Waals surface area contributed by atoms with E-state index in [1.807, 2.05) is 30.3 Å². The second-order valence-corrected chi connectivity index (χ2v) is 6.16. The first kappa shape index (κ1) is 14.4. The summed E-state index contributed by atoms with van der Waals surface area (Å²) >= 11 is 0. The molecule has 2 aliphatic heterocycles. The minimum absolute atomic E-state index is 0.308. The number of carbonyl (C=O) groups is 1. The Morgan fingerprint density at radius 3 is 2.62 bits per heavy atom. The van der Waals surface area contributed by atoms with Crippen molar-refractivity contribution in [1.82, 2.24) is 10.2 Å². The van der Waals surface area contributed by atoms with Gasteiger partial charge in [-0.1, -0.05) is 30.3 Å². The summed E-state index contributed by atoms with van der Waals surface area (Å²) in [6, 6.07) is 9.77. The molecule has 3 rings (SSSR count). The highest BCUT2D eigenvalue weighted by Crippen LogP contribution is 2.40. The summed E-state index contributed by atoms with van der Waals surface area (Å²) in [6.45, 7) is 3.52. The minimum Gasteiger partial charge on any atom is -0.445 e. The van der Waals surface area contributed by atoms with Gasteiger partial charge in [0, 0.05) is 12.1 Å². The molecule has 1 aromatic rings. The lowest BCUT2D eigenvalue weighted by Gasteiger charge is -2.32. The van der Waals surface area contributed by atoms with Crippen molar-refractivity contribution in [2.24, 2.45) is 0 Å². The molecule has 2 heterocycles. The van der Waals surface area contributed by atoms with Crippen molar-refractivity contribution in [3.8, 4) is 0 Å². The van der Waals surface area contributed by atoms with Gasteiger partial charge in [0.15, 0.2) is 0 Å². The Balaban J connectivity index is 1.38. The summed E-state index contributed by atoms with van der Waals surface area (Å²) in [7, 11) is 0. The van der Waals surface area contributed by atoms with Gasteiger partial charge in [0.1, 0.15) is 6.61 Å². The van der Waals surface area contributed by atoms with Crippen molar-refractivity contribution >= 4 is 6.09 Å². The Bertz CT molecular complexity index is 465. The van der Waals surface area contributed by atoms with E-state index in [0.717, 1.165) is 12.0 Å². The van der Waals surface area contributed by atoms with Crippen LogP contribution in [0.4, 0.5) is 4.79 Å². The molecule has 0 unspecified atom stereocenters. The van der Waals surface area contributed by atoms with Crippen molar-refractivity contribution in [3.05, 3.63) is 35.9 Å². The first-order valence-electron chi connectivity index (χ1n) is 7.98. The van der Waals surface area contributed by atoms with Gasteiger partial charge in [0.05, 0.1) is 0 Å². The molecule has 1 amide bonds. The number of nitrogens with zero attached hydrogens (tertiary/aromatic N) is 1. The Morgan fingerprint density at radius 1 is 1.19 bits per heavy atom. The monoisotopic (exact) mass is 288 g/mol. The number of nitrogens with one attached hydrogen (secondary N) is 1. The normalized spacial score (nSPS) is 20.2. The lowest BCUT2D eigenvalue weighted by atomic mass is 9.90. The van der Waals surface area contributed by atoms with Crippen molar-refractivity contribution in [2.75, 3.05) is 19.6 Å². The smallest absolute Gasteiger partial charge is 0.407 e.